The Kier molecular flexibility index (Phi) is 1.91. The van der Waals surface area contributed by atoms with Gasteiger partial charge in [-0.05, 0) is 18.2 Å². The normalized spacial score (nSPS) is 11.4. The Labute approximate surface area is 105 Å². The molecule has 0 spiro atoms. The van der Waals surface area contributed by atoms with Crippen molar-refractivity contribution in [1.82, 2.24) is 30.1 Å². The van der Waals surface area contributed by atoms with Gasteiger partial charge in [-0.2, -0.15) is 5.10 Å². The molecule has 0 aliphatic heterocycles. The lowest BCUT2D eigenvalue weighted by atomic mass is 10.2. The van der Waals surface area contributed by atoms with Crippen LogP contribution < -0.4 is 0 Å². The molecule has 0 atom stereocenters. The first-order valence-corrected chi connectivity index (χ1v) is 5.61. The monoisotopic (exact) mass is 254 g/mol. The Balaban J connectivity index is 1.98. The zero-order valence-electron chi connectivity index (χ0n) is 9.55. The lowest BCUT2D eigenvalue weighted by Crippen LogP contribution is -1.81. The summed E-state index contributed by atoms with van der Waals surface area (Å²) in [5.74, 6) is 0.270. The van der Waals surface area contributed by atoms with Gasteiger partial charge in [-0.3, -0.25) is 5.10 Å². The van der Waals surface area contributed by atoms with E-state index in [4.69, 9.17) is 0 Å². The van der Waals surface area contributed by atoms with Gasteiger partial charge >= 0.3 is 0 Å². The summed E-state index contributed by atoms with van der Waals surface area (Å²) >= 11 is 0. The van der Waals surface area contributed by atoms with Gasteiger partial charge < -0.3 is 4.98 Å². The Bertz CT molecular complexity index is 860. The molecular formula is C12H7FN6. The molecule has 0 aliphatic rings. The number of rotatable bonds is 1. The van der Waals surface area contributed by atoms with Gasteiger partial charge in [-0.15, -0.1) is 0 Å². The predicted molar refractivity (Wildman–Crippen MR) is 66.7 cm³/mol. The number of halogens is 1. The van der Waals surface area contributed by atoms with Crippen LogP contribution in [0, 0.1) is 5.82 Å². The SMILES string of the molecule is Fc1ccc2c(-c3nc4ncncc4[nH]3)n[nH]c2c1. The molecule has 0 fully saturated rings. The third kappa shape index (κ3) is 1.48. The maximum Gasteiger partial charge on any atom is 0.181 e. The number of fused-ring (bicyclic) bond motifs is 2. The van der Waals surface area contributed by atoms with Crippen molar-refractivity contribution in [3.8, 4) is 11.5 Å². The second-order valence-electron chi connectivity index (χ2n) is 4.11. The Morgan fingerprint density at radius 2 is 2.11 bits per heavy atom. The van der Waals surface area contributed by atoms with Gasteiger partial charge in [0.2, 0.25) is 0 Å². The summed E-state index contributed by atoms with van der Waals surface area (Å²) < 4.78 is 13.1. The minimum atomic E-state index is -0.307. The first-order valence-electron chi connectivity index (χ1n) is 5.61. The van der Waals surface area contributed by atoms with E-state index < -0.39 is 0 Å². The fourth-order valence-corrected chi connectivity index (χ4v) is 2.05. The molecule has 2 N–H and O–H groups in total. The van der Waals surface area contributed by atoms with Gasteiger partial charge in [0, 0.05) is 5.39 Å². The minimum Gasteiger partial charge on any atom is -0.334 e. The Morgan fingerprint density at radius 1 is 1.16 bits per heavy atom. The van der Waals surface area contributed by atoms with Gasteiger partial charge in [0.25, 0.3) is 0 Å². The highest BCUT2D eigenvalue weighted by atomic mass is 19.1. The fraction of sp³-hybridized carbons (Fsp3) is 0. The van der Waals surface area contributed by atoms with Gasteiger partial charge in [0.05, 0.1) is 11.7 Å². The van der Waals surface area contributed by atoms with Crippen molar-refractivity contribution in [3.63, 3.8) is 0 Å². The van der Waals surface area contributed by atoms with E-state index >= 15 is 0 Å². The first kappa shape index (κ1) is 10.1. The summed E-state index contributed by atoms with van der Waals surface area (Å²) in [5, 5.41) is 7.75. The number of nitrogens with zero attached hydrogens (tertiary/aromatic N) is 4. The van der Waals surface area contributed by atoms with Crippen molar-refractivity contribution in [2.45, 2.75) is 0 Å². The van der Waals surface area contributed by atoms with Crippen molar-refractivity contribution in [1.29, 1.82) is 0 Å². The molecule has 0 aliphatic carbocycles. The molecule has 4 rings (SSSR count). The average molecular weight is 254 g/mol. The molecule has 4 aromatic rings. The topological polar surface area (TPSA) is 83.1 Å². The number of H-pyrrole nitrogens is 2. The molecule has 0 unspecified atom stereocenters. The highest BCUT2D eigenvalue weighted by Gasteiger charge is 2.13. The number of aromatic nitrogens is 6. The maximum atomic E-state index is 13.1. The van der Waals surface area contributed by atoms with Crippen LogP contribution in [0.5, 0.6) is 0 Å². The number of hydrogen-bond acceptors (Lipinski definition) is 4. The van der Waals surface area contributed by atoms with E-state index in [1.54, 1.807) is 12.3 Å². The van der Waals surface area contributed by atoms with Crippen LogP contribution in [-0.2, 0) is 0 Å². The van der Waals surface area contributed by atoms with Crippen molar-refractivity contribution in [3.05, 3.63) is 36.5 Å². The first-order chi connectivity index (χ1) is 9.31. The second-order valence-corrected chi connectivity index (χ2v) is 4.11. The van der Waals surface area contributed by atoms with E-state index in [1.807, 2.05) is 0 Å². The van der Waals surface area contributed by atoms with Crippen LogP contribution in [0.15, 0.2) is 30.7 Å². The minimum absolute atomic E-state index is 0.307. The van der Waals surface area contributed by atoms with Crippen LogP contribution in [-0.4, -0.2) is 30.1 Å². The van der Waals surface area contributed by atoms with Crippen LogP contribution in [0.25, 0.3) is 33.6 Å². The summed E-state index contributed by atoms with van der Waals surface area (Å²) in [4.78, 5) is 15.4. The third-order valence-electron chi connectivity index (χ3n) is 2.91. The lowest BCUT2D eigenvalue weighted by Gasteiger charge is -1.92. The molecule has 92 valence electrons. The Morgan fingerprint density at radius 3 is 3.00 bits per heavy atom. The molecule has 19 heavy (non-hydrogen) atoms. The number of hydrogen-bond donors (Lipinski definition) is 2. The molecule has 6 nitrogen and oxygen atoms in total. The molecule has 3 aromatic heterocycles. The smallest absolute Gasteiger partial charge is 0.181 e. The van der Waals surface area contributed by atoms with Crippen LogP contribution in [0.3, 0.4) is 0 Å². The van der Waals surface area contributed by atoms with Gasteiger partial charge in [0.15, 0.2) is 11.5 Å². The van der Waals surface area contributed by atoms with Gasteiger partial charge in [-0.1, -0.05) is 0 Å². The highest BCUT2D eigenvalue weighted by molar-refractivity contribution is 5.92. The molecule has 0 amide bonds. The molecule has 3 heterocycles. The number of nitrogens with one attached hydrogen (secondary N) is 2. The summed E-state index contributed by atoms with van der Waals surface area (Å²) in [6.07, 6.45) is 3.08. The van der Waals surface area contributed by atoms with E-state index in [0.717, 1.165) is 10.9 Å². The molecule has 0 saturated carbocycles. The summed E-state index contributed by atoms with van der Waals surface area (Å²) in [6.45, 7) is 0. The fourth-order valence-electron chi connectivity index (χ4n) is 2.05. The standard InChI is InChI=1S/C12H7FN6/c13-6-1-2-7-8(3-6)18-19-10(7)12-16-9-4-14-5-15-11(9)17-12/h1-5H,(H,18,19)(H,14,15,16,17). The van der Waals surface area contributed by atoms with Crippen LogP contribution in [0.2, 0.25) is 0 Å². The summed E-state index contributed by atoms with van der Waals surface area (Å²) in [5.41, 5.74) is 2.56. The van der Waals surface area contributed by atoms with Gasteiger partial charge in [-0.25, -0.2) is 19.3 Å². The lowest BCUT2D eigenvalue weighted by molar-refractivity contribution is 0.629. The molecule has 1 aromatic carbocycles. The van der Waals surface area contributed by atoms with E-state index in [9.17, 15) is 4.39 Å². The van der Waals surface area contributed by atoms with Gasteiger partial charge in [0.1, 0.15) is 23.4 Å². The largest absolute Gasteiger partial charge is 0.334 e. The zero-order valence-corrected chi connectivity index (χ0v) is 9.55. The van der Waals surface area contributed by atoms with E-state index in [2.05, 4.69) is 30.1 Å². The summed E-state index contributed by atoms with van der Waals surface area (Å²) in [6, 6.07) is 4.46. The van der Waals surface area contributed by atoms with Crippen molar-refractivity contribution in [2.75, 3.05) is 0 Å². The average Bonchev–Trinajstić information content (AvgIpc) is 3.00. The van der Waals surface area contributed by atoms with E-state index in [-0.39, 0.29) is 5.82 Å². The predicted octanol–water partition coefficient (Wildman–Crippen LogP) is 2.04. The van der Waals surface area contributed by atoms with E-state index in [1.165, 1.54) is 18.5 Å². The molecule has 0 radical (unpaired) electrons. The van der Waals surface area contributed by atoms with Crippen LogP contribution in [0.1, 0.15) is 0 Å². The van der Waals surface area contributed by atoms with Crippen LogP contribution >= 0.6 is 0 Å². The van der Waals surface area contributed by atoms with Crippen molar-refractivity contribution >= 4 is 22.1 Å². The zero-order chi connectivity index (χ0) is 12.8. The second kappa shape index (κ2) is 3.58. The molecular weight excluding hydrogens is 247 g/mol. The number of benzene rings is 1. The highest BCUT2D eigenvalue weighted by Crippen LogP contribution is 2.25. The quantitative estimate of drug-likeness (QED) is 0.544. The van der Waals surface area contributed by atoms with E-state index in [0.29, 0.717) is 22.7 Å². The molecule has 0 saturated heterocycles. The third-order valence-corrected chi connectivity index (χ3v) is 2.91. The number of imidazole rings is 1. The molecule has 7 heteroatoms. The number of aromatic amines is 2. The van der Waals surface area contributed by atoms with Crippen molar-refractivity contribution < 1.29 is 4.39 Å². The van der Waals surface area contributed by atoms with Crippen LogP contribution in [0.4, 0.5) is 4.39 Å². The maximum absolute atomic E-state index is 13.1. The van der Waals surface area contributed by atoms with Crippen molar-refractivity contribution in [2.24, 2.45) is 0 Å². The molecule has 0 bridgehead atoms. The summed E-state index contributed by atoms with van der Waals surface area (Å²) in [7, 11) is 0. The Hall–Kier alpha value is -2.83.